The number of likely N-dealkylation sites (tertiary alicyclic amines) is 1. The highest BCUT2D eigenvalue weighted by molar-refractivity contribution is 9.18. The molecule has 0 bridgehead atoms. The van der Waals surface area contributed by atoms with E-state index in [1.165, 1.54) is 18.5 Å². The smallest absolute Gasteiger partial charge is 0.211 e. The molecule has 0 saturated carbocycles. The van der Waals surface area contributed by atoms with E-state index in [1.807, 2.05) is 18.2 Å². The molecule has 9 heteroatoms. The lowest BCUT2D eigenvalue weighted by Crippen LogP contribution is -2.40. The van der Waals surface area contributed by atoms with Crippen LogP contribution in [0.4, 0.5) is 15.9 Å². The number of carbonyl (C=O) groups is 1. The molecule has 1 aromatic heterocycles. The van der Waals surface area contributed by atoms with Gasteiger partial charge in [0.2, 0.25) is 4.69 Å². The minimum absolute atomic E-state index is 0.00105. The molecule has 1 N–H and O–H groups in total. The van der Waals surface area contributed by atoms with Crippen LogP contribution in [0.5, 0.6) is 5.75 Å². The average molecular weight is 494 g/mol. The summed E-state index contributed by atoms with van der Waals surface area (Å²) in [7, 11) is 0. The Morgan fingerprint density at radius 1 is 1.23 bits per heavy atom. The van der Waals surface area contributed by atoms with Crippen molar-refractivity contribution in [3.63, 3.8) is 0 Å². The minimum atomic E-state index is -0.475. The number of piperidine rings is 1. The standard InChI is InChI=1S/C21H19BrClFN4O2/c22-20(29)11-28-7-5-14(6-8-28)30-15-2-4-19-16(10-15)21(26-12-25-19)27-13-1-3-18(24)17(23)9-13/h1-4,9-10,12,14H,5-8,11H2,(H,25,26,27). The van der Waals surface area contributed by atoms with E-state index in [-0.39, 0.29) is 15.8 Å². The number of ether oxygens (including phenoxy) is 1. The minimum Gasteiger partial charge on any atom is -0.490 e. The maximum Gasteiger partial charge on any atom is 0.211 e. The SMILES string of the molecule is O=C(Br)CN1CCC(Oc2ccc3ncnc(Nc4ccc(F)c(Cl)c4)c3c2)CC1. The highest BCUT2D eigenvalue weighted by Gasteiger charge is 2.21. The molecule has 1 saturated heterocycles. The third-order valence-corrected chi connectivity index (χ3v) is 5.51. The monoisotopic (exact) mass is 492 g/mol. The number of hydrogen-bond acceptors (Lipinski definition) is 6. The van der Waals surface area contributed by atoms with E-state index < -0.39 is 5.82 Å². The summed E-state index contributed by atoms with van der Waals surface area (Å²) in [4.78, 5) is 21.9. The van der Waals surface area contributed by atoms with Gasteiger partial charge in [0.15, 0.2) is 0 Å². The molecule has 0 amide bonds. The number of nitrogens with zero attached hydrogens (tertiary/aromatic N) is 3. The van der Waals surface area contributed by atoms with E-state index in [0.717, 1.165) is 42.6 Å². The molecule has 2 heterocycles. The number of halogens is 3. The summed E-state index contributed by atoms with van der Waals surface area (Å²) >= 11 is 8.86. The Kier molecular flexibility index (Phi) is 6.46. The van der Waals surface area contributed by atoms with E-state index in [4.69, 9.17) is 16.3 Å². The van der Waals surface area contributed by atoms with Crippen molar-refractivity contribution in [1.29, 1.82) is 0 Å². The molecular weight excluding hydrogens is 475 g/mol. The fourth-order valence-electron chi connectivity index (χ4n) is 3.47. The molecular formula is C21H19BrClFN4O2. The van der Waals surface area contributed by atoms with Gasteiger partial charge >= 0.3 is 0 Å². The number of aromatic nitrogens is 2. The van der Waals surface area contributed by atoms with Crippen molar-refractivity contribution in [3.8, 4) is 5.75 Å². The molecule has 1 aliphatic heterocycles. The zero-order valence-electron chi connectivity index (χ0n) is 15.9. The summed E-state index contributed by atoms with van der Waals surface area (Å²) < 4.78 is 19.6. The average Bonchev–Trinajstić information content (AvgIpc) is 2.72. The lowest BCUT2D eigenvalue weighted by Gasteiger charge is -2.31. The van der Waals surface area contributed by atoms with Crippen LogP contribution >= 0.6 is 27.5 Å². The topological polar surface area (TPSA) is 67.4 Å². The highest BCUT2D eigenvalue weighted by Crippen LogP contribution is 2.29. The molecule has 0 atom stereocenters. The van der Waals surface area contributed by atoms with Crippen LogP contribution in [-0.2, 0) is 4.79 Å². The molecule has 0 unspecified atom stereocenters. The third kappa shape index (κ3) is 5.06. The van der Waals surface area contributed by atoms with Crippen LogP contribution in [0.1, 0.15) is 12.8 Å². The normalized spacial score (nSPS) is 15.3. The van der Waals surface area contributed by atoms with Crippen LogP contribution in [0.2, 0.25) is 5.02 Å². The first-order valence-electron chi connectivity index (χ1n) is 9.52. The molecule has 0 radical (unpaired) electrons. The first-order valence-corrected chi connectivity index (χ1v) is 10.7. The lowest BCUT2D eigenvalue weighted by molar-refractivity contribution is -0.111. The second kappa shape index (κ2) is 9.24. The van der Waals surface area contributed by atoms with Crippen LogP contribution in [0.15, 0.2) is 42.7 Å². The molecule has 3 aromatic rings. The Bertz CT molecular complexity index is 1080. The number of rotatable bonds is 6. The van der Waals surface area contributed by atoms with Crippen LogP contribution < -0.4 is 10.1 Å². The molecule has 4 rings (SSSR count). The van der Waals surface area contributed by atoms with Crippen molar-refractivity contribution in [1.82, 2.24) is 14.9 Å². The van der Waals surface area contributed by atoms with Crippen LogP contribution in [-0.4, -0.2) is 45.3 Å². The maximum atomic E-state index is 13.4. The summed E-state index contributed by atoms with van der Waals surface area (Å²) in [5.74, 6) is 0.836. The van der Waals surface area contributed by atoms with Gasteiger partial charge in [0.25, 0.3) is 0 Å². The second-order valence-corrected chi connectivity index (χ2v) is 8.40. The summed E-state index contributed by atoms with van der Waals surface area (Å²) in [6, 6.07) is 10.1. The van der Waals surface area contributed by atoms with Crippen molar-refractivity contribution >= 4 is 54.6 Å². The van der Waals surface area contributed by atoms with Crippen molar-refractivity contribution in [2.24, 2.45) is 0 Å². The predicted molar refractivity (Wildman–Crippen MR) is 118 cm³/mol. The van der Waals surface area contributed by atoms with Crippen molar-refractivity contribution in [2.75, 3.05) is 25.0 Å². The number of anilines is 2. The van der Waals surface area contributed by atoms with Gasteiger partial charge in [-0.1, -0.05) is 11.6 Å². The van der Waals surface area contributed by atoms with E-state index in [9.17, 15) is 9.18 Å². The van der Waals surface area contributed by atoms with Gasteiger partial charge in [-0.05, 0) is 65.2 Å². The number of carbonyl (C=O) groups excluding carboxylic acids is 1. The number of hydrogen-bond donors (Lipinski definition) is 1. The largest absolute Gasteiger partial charge is 0.490 e. The molecule has 156 valence electrons. The molecule has 6 nitrogen and oxygen atoms in total. The van der Waals surface area contributed by atoms with E-state index in [0.29, 0.717) is 18.1 Å². The molecule has 0 aliphatic carbocycles. The van der Waals surface area contributed by atoms with E-state index in [2.05, 4.69) is 36.1 Å². The number of fused-ring (bicyclic) bond motifs is 1. The third-order valence-electron chi connectivity index (χ3n) is 4.97. The first-order chi connectivity index (χ1) is 14.5. The van der Waals surface area contributed by atoms with Gasteiger partial charge in [-0.2, -0.15) is 0 Å². The van der Waals surface area contributed by atoms with Crippen LogP contribution in [0.3, 0.4) is 0 Å². The second-order valence-electron chi connectivity index (χ2n) is 7.10. The van der Waals surface area contributed by atoms with Gasteiger partial charge < -0.3 is 10.1 Å². The lowest BCUT2D eigenvalue weighted by atomic mass is 10.1. The summed E-state index contributed by atoms with van der Waals surface area (Å²) in [6.07, 6.45) is 3.25. The van der Waals surface area contributed by atoms with Gasteiger partial charge in [0.05, 0.1) is 17.1 Å². The molecule has 0 spiro atoms. The highest BCUT2D eigenvalue weighted by atomic mass is 79.9. The Hall–Kier alpha value is -2.29. The Morgan fingerprint density at radius 2 is 2.03 bits per heavy atom. The Balaban J connectivity index is 1.50. The van der Waals surface area contributed by atoms with Gasteiger partial charge in [-0.3, -0.25) is 9.69 Å². The van der Waals surface area contributed by atoms with Crippen LogP contribution in [0, 0.1) is 5.82 Å². The zero-order chi connectivity index (χ0) is 21.1. The Labute approximate surface area is 186 Å². The number of nitrogens with one attached hydrogen (secondary N) is 1. The molecule has 1 fully saturated rings. The van der Waals surface area contributed by atoms with Crippen LogP contribution in [0.25, 0.3) is 10.9 Å². The van der Waals surface area contributed by atoms with Gasteiger partial charge in [0, 0.05) is 24.2 Å². The summed E-state index contributed by atoms with van der Waals surface area (Å²) in [5.41, 5.74) is 1.39. The Morgan fingerprint density at radius 3 is 2.77 bits per heavy atom. The molecule has 1 aliphatic rings. The fraction of sp³-hybridized carbons (Fsp3) is 0.286. The fourth-order valence-corrected chi connectivity index (χ4v) is 4.01. The van der Waals surface area contributed by atoms with Crippen molar-refractivity contribution in [3.05, 3.63) is 53.6 Å². The van der Waals surface area contributed by atoms with Crippen molar-refractivity contribution in [2.45, 2.75) is 18.9 Å². The van der Waals surface area contributed by atoms with E-state index in [1.54, 1.807) is 6.07 Å². The first kappa shape index (κ1) is 21.0. The van der Waals surface area contributed by atoms with Gasteiger partial charge in [-0.15, -0.1) is 0 Å². The number of benzene rings is 2. The van der Waals surface area contributed by atoms with Gasteiger partial charge in [-0.25, -0.2) is 14.4 Å². The van der Waals surface area contributed by atoms with E-state index >= 15 is 0 Å². The predicted octanol–water partition coefficient (Wildman–Crippen LogP) is 4.93. The maximum absolute atomic E-state index is 13.4. The zero-order valence-corrected chi connectivity index (χ0v) is 18.3. The van der Waals surface area contributed by atoms with Crippen molar-refractivity contribution < 1.29 is 13.9 Å². The molecule has 2 aromatic carbocycles. The summed E-state index contributed by atoms with van der Waals surface area (Å²) in [6.45, 7) is 2.05. The van der Waals surface area contributed by atoms with Gasteiger partial charge in [0.1, 0.15) is 29.8 Å². The molecule has 30 heavy (non-hydrogen) atoms. The summed E-state index contributed by atoms with van der Waals surface area (Å²) in [5, 5.41) is 4.00. The quantitative estimate of drug-likeness (QED) is 0.491.